The van der Waals surface area contributed by atoms with Gasteiger partial charge < -0.3 is 20.2 Å². The number of carbonyl (C=O) groups excluding carboxylic acids is 1. The van der Waals surface area contributed by atoms with Crippen LogP contribution in [0.2, 0.25) is 0 Å². The molecule has 0 saturated heterocycles. The summed E-state index contributed by atoms with van der Waals surface area (Å²) in [6.07, 6.45) is 2.08. The van der Waals surface area contributed by atoms with Crippen molar-refractivity contribution in [1.29, 1.82) is 0 Å². The van der Waals surface area contributed by atoms with Gasteiger partial charge in [-0.15, -0.1) is 0 Å². The highest BCUT2D eigenvalue weighted by atomic mass is 32.2. The number of nitrogens with two attached hydrogens (primary N) is 1. The molecule has 1 aromatic carbocycles. The first-order valence-corrected chi connectivity index (χ1v) is 7.68. The topological polar surface area (TPSA) is 77.5 Å². The molecule has 1 heterocycles. The summed E-state index contributed by atoms with van der Waals surface area (Å²) < 4.78 is 10.4. The summed E-state index contributed by atoms with van der Waals surface area (Å²) in [6, 6.07) is 8.93. The number of thioether (sulfide) groups is 1. The molecule has 3 N–H and O–H groups in total. The van der Waals surface area contributed by atoms with Crippen molar-refractivity contribution in [2.75, 3.05) is 23.9 Å². The van der Waals surface area contributed by atoms with Gasteiger partial charge in [0.05, 0.1) is 24.8 Å². The molecule has 112 valence electrons. The Bertz CT molecular complexity index is 585. The summed E-state index contributed by atoms with van der Waals surface area (Å²) >= 11 is 1.66. The molecule has 0 fully saturated rings. The van der Waals surface area contributed by atoms with Crippen LogP contribution in [-0.4, -0.2) is 18.8 Å². The molecule has 1 amide bonds. The Balaban J connectivity index is 1.76. The third kappa shape index (κ3) is 4.75. The first-order chi connectivity index (χ1) is 10.2. The van der Waals surface area contributed by atoms with E-state index in [1.165, 1.54) is 0 Å². The number of anilines is 2. The molecule has 0 atom stereocenters. The Kier molecular flexibility index (Phi) is 5.57. The molecule has 5 nitrogen and oxygen atoms in total. The standard InChI is InChI=1S/C15H18N2O3S/c1-19-14-9-11(16)4-5-13(14)17-15(18)6-8-21-10-12-3-2-7-20-12/h2-5,7,9H,6,8,10,16H2,1H3,(H,17,18). The molecule has 21 heavy (non-hydrogen) atoms. The minimum absolute atomic E-state index is 0.0509. The van der Waals surface area contributed by atoms with Gasteiger partial charge >= 0.3 is 0 Å². The van der Waals surface area contributed by atoms with Crippen LogP contribution in [0.1, 0.15) is 12.2 Å². The van der Waals surface area contributed by atoms with E-state index in [2.05, 4.69) is 5.32 Å². The molecule has 0 aliphatic carbocycles. The number of methoxy groups -OCH3 is 1. The van der Waals surface area contributed by atoms with Crippen LogP contribution in [0, 0.1) is 0 Å². The molecular formula is C15H18N2O3S. The maximum absolute atomic E-state index is 11.9. The number of ether oxygens (including phenoxy) is 1. The highest BCUT2D eigenvalue weighted by Gasteiger charge is 2.08. The van der Waals surface area contributed by atoms with Crippen molar-refractivity contribution in [3.8, 4) is 5.75 Å². The molecule has 2 aromatic rings. The Morgan fingerprint density at radius 2 is 2.29 bits per heavy atom. The maximum Gasteiger partial charge on any atom is 0.225 e. The van der Waals surface area contributed by atoms with Crippen LogP contribution in [0.5, 0.6) is 5.75 Å². The van der Waals surface area contributed by atoms with Gasteiger partial charge in [-0.2, -0.15) is 11.8 Å². The van der Waals surface area contributed by atoms with E-state index in [0.717, 1.165) is 17.3 Å². The molecule has 0 unspecified atom stereocenters. The van der Waals surface area contributed by atoms with Crippen LogP contribution < -0.4 is 15.8 Å². The van der Waals surface area contributed by atoms with Gasteiger partial charge in [-0.1, -0.05) is 0 Å². The zero-order chi connectivity index (χ0) is 15.1. The SMILES string of the molecule is COc1cc(N)ccc1NC(=O)CCSCc1ccco1. The van der Waals surface area contributed by atoms with Gasteiger partial charge in [-0.3, -0.25) is 4.79 Å². The highest BCUT2D eigenvalue weighted by Crippen LogP contribution is 2.26. The van der Waals surface area contributed by atoms with Gasteiger partial charge in [0, 0.05) is 23.9 Å². The van der Waals surface area contributed by atoms with E-state index in [9.17, 15) is 4.79 Å². The fourth-order valence-electron chi connectivity index (χ4n) is 1.76. The Morgan fingerprint density at radius 3 is 3.00 bits per heavy atom. The summed E-state index contributed by atoms with van der Waals surface area (Å²) in [4.78, 5) is 11.9. The van der Waals surface area contributed by atoms with E-state index in [-0.39, 0.29) is 5.91 Å². The number of carbonyl (C=O) groups is 1. The van der Waals surface area contributed by atoms with Crippen LogP contribution in [-0.2, 0) is 10.5 Å². The van der Waals surface area contributed by atoms with Gasteiger partial charge in [-0.25, -0.2) is 0 Å². The molecule has 0 spiro atoms. The highest BCUT2D eigenvalue weighted by molar-refractivity contribution is 7.98. The molecule has 0 aliphatic heterocycles. The van der Waals surface area contributed by atoms with E-state index in [4.69, 9.17) is 14.9 Å². The van der Waals surface area contributed by atoms with E-state index >= 15 is 0 Å². The fraction of sp³-hybridized carbons (Fsp3) is 0.267. The lowest BCUT2D eigenvalue weighted by atomic mass is 10.2. The lowest BCUT2D eigenvalue weighted by Gasteiger charge is -2.10. The largest absolute Gasteiger partial charge is 0.494 e. The van der Waals surface area contributed by atoms with Gasteiger partial charge in [0.1, 0.15) is 11.5 Å². The Labute approximate surface area is 127 Å². The predicted molar refractivity (Wildman–Crippen MR) is 85.5 cm³/mol. The van der Waals surface area contributed by atoms with E-state index < -0.39 is 0 Å². The number of rotatable bonds is 7. The molecule has 1 aromatic heterocycles. The number of hydrogen-bond acceptors (Lipinski definition) is 5. The lowest BCUT2D eigenvalue weighted by Crippen LogP contribution is -2.13. The van der Waals surface area contributed by atoms with Gasteiger partial charge in [-0.05, 0) is 24.3 Å². The van der Waals surface area contributed by atoms with Crippen LogP contribution in [0.25, 0.3) is 0 Å². The van der Waals surface area contributed by atoms with Gasteiger partial charge in [0.25, 0.3) is 0 Å². The molecule has 2 rings (SSSR count). The number of furan rings is 1. The monoisotopic (exact) mass is 306 g/mol. The first kappa shape index (κ1) is 15.3. The van der Waals surface area contributed by atoms with Crippen molar-refractivity contribution in [3.05, 3.63) is 42.4 Å². The minimum Gasteiger partial charge on any atom is -0.494 e. The quantitative estimate of drug-likeness (QED) is 0.607. The smallest absolute Gasteiger partial charge is 0.225 e. The second kappa shape index (κ2) is 7.64. The average molecular weight is 306 g/mol. The van der Waals surface area contributed by atoms with Gasteiger partial charge in [0.15, 0.2) is 0 Å². The van der Waals surface area contributed by atoms with Crippen molar-refractivity contribution in [2.24, 2.45) is 0 Å². The molecular weight excluding hydrogens is 288 g/mol. The van der Waals surface area contributed by atoms with Crippen molar-refractivity contribution in [2.45, 2.75) is 12.2 Å². The average Bonchev–Trinajstić information content (AvgIpc) is 2.99. The van der Waals surface area contributed by atoms with Crippen LogP contribution in [0.3, 0.4) is 0 Å². The van der Waals surface area contributed by atoms with Crippen LogP contribution >= 0.6 is 11.8 Å². The maximum atomic E-state index is 11.9. The molecule has 6 heteroatoms. The second-order valence-corrected chi connectivity index (χ2v) is 5.50. The summed E-state index contributed by atoms with van der Waals surface area (Å²) in [5.74, 6) is 2.92. The number of nitrogens with one attached hydrogen (secondary N) is 1. The molecule has 0 aliphatic rings. The first-order valence-electron chi connectivity index (χ1n) is 6.52. The number of amides is 1. The summed E-state index contributed by atoms with van der Waals surface area (Å²) in [6.45, 7) is 0. The van der Waals surface area contributed by atoms with E-state index in [0.29, 0.717) is 23.5 Å². The number of benzene rings is 1. The lowest BCUT2D eigenvalue weighted by molar-refractivity contribution is -0.115. The number of nitrogen functional groups attached to an aromatic ring is 1. The minimum atomic E-state index is -0.0509. The van der Waals surface area contributed by atoms with Crippen LogP contribution in [0.15, 0.2) is 41.0 Å². The second-order valence-electron chi connectivity index (χ2n) is 4.39. The fourth-order valence-corrected chi connectivity index (χ4v) is 2.60. The Morgan fingerprint density at radius 1 is 1.43 bits per heavy atom. The third-order valence-electron chi connectivity index (χ3n) is 2.80. The van der Waals surface area contributed by atoms with Crippen molar-refractivity contribution in [1.82, 2.24) is 0 Å². The zero-order valence-electron chi connectivity index (χ0n) is 11.8. The van der Waals surface area contributed by atoms with Crippen molar-refractivity contribution in [3.63, 3.8) is 0 Å². The summed E-state index contributed by atoms with van der Waals surface area (Å²) in [5.41, 5.74) is 6.90. The summed E-state index contributed by atoms with van der Waals surface area (Å²) in [5, 5.41) is 2.83. The van der Waals surface area contributed by atoms with Crippen LogP contribution in [0.4, 0.5) is 11.4 Å². The van der Waals surface area contributed by atoms with E-state index in [1.807, 2.05) is 12.1 Å². The van der Waals surface area contributed by atoms with Gasteiger partial charge in [0.2, 0.25) is 5.91 Å². The zero-order valence-corrected chi connectivity index (χ0v) is 12.6. The predicted octanol–water partition coefficient (Wildman–Crippen LogP) is 3.13. The summed E-state index contributed by atoms with van der Waals surface area (Å²) in [7, 11) is 1.55. The van der Waals surface area contributed by atoms with Crippen molar-refractivity contribution < 1.29 is 13.9 Å². The Hall–Kier alpha value is -2.08. The number of hydrogen-bond donors (Lipinski definition) is 2. The van der Waals surface area contributed by atoms with Crippen molar-refractivity contribution >= 4 is 29.0 Å². The van der Waals surface area contributed by atoms with E-state index in [1.54, 1.807) is 43.3 Å². The molecule has 0 bridgehead atoms. The third-order valence-corrected chi connectivity index (χ3v) is 3.78. The molecule has 0 radical (unpaired) electrons. The molecule has 0 saturated carbocycles. The normalized spacial score (nSPS) is 10.3.